The second-order valence-electron chi connectivity index (χ2n) is 6.21. The molecule has 0 fully saturated rings. The monoisotopic (exact) mass is 448 g/mol. The van der Waals surface area contributed by atoms with Crippen molar-refractivity contribution in [3.05, 3.63) is 87.5 Å². The first-order chi connectivity index (χ1) is 14.4. The number of amides is 1. The fourth-order valence-corrected chi connectivity index (χ4v) is 3.17. The Bertz CT molecular complexity index is 1090. The number of nitrogens with zero attached hydrogens (tertiary/aromatic N) is 2. The van der Waals surface area contributed by atoms with Gasteiger partial charge in [0.1, 0.15) is 12.0 Å². The van der Waals surface area contributed by atoms with Crippen LogP contribution in [0.5, 0.6) is 11.5 Å². The van der Waals surface area contributed by atoms with Gasteiger partial charge >= 0.3 is 0 Å². The summed E-state index contributed by atoms with van der Waals surface area (Å²) in [6.07, 6.45) is 10.3. The van der Waals surface area contributed by atoms with Gasteiger partial charge in [-0.15, -0.1) is 0 Å². The molecule has 0 saturated carbocycles. The molecular weight excluding hydrogens is 431 g/mol. The van der Waals surface area contributed by atoms with E-state index in [2.05, 4.69) is 4.99 Å². The lowest BCUT2D eigenvalue weighted by Gasteiger charge is -2.15. The molecule has 156 valence electrons. The van der Waals surface area contributed by atoms with Gasteiger partial charge in [0.2, 0.25) is 0 Å². The van der Waals surface area contributed by atoms with Crippen molar-refractivity contribution in [2.45, 2.75) is 6.10 Å². The number of aliphatic hydroxyl groups excluding tert-OH is 1. The van der Waals surface area contributed by atoms with E-state index < -0.39 is 12.0 Å². The van der Waals surface area contributed by atoms with E-state index in [1.54, 1.807) is 36.4 Å². The maximum Gasteiger partial charge on any atom is 0.277 e. The van der Waals surface area contributed by atoms with Gasteiger partial charge in [-0.05, 0) is 23.8 Å². The lowest BCUT2D eigenvalue weighted by molar-refractivity contribution is 0.0997. The third-order valence-corrected chi connectivity index (χ3v) is 4.72. The molecule has 9 heteroatoms. The van der Waals surface area contributed by atoms with Gasteiger partial charge in [0.25, 0.3) is 5.91 Å². The number of rotatable bonds is 5. The molecule has 3 rings (SSSR count). The Hall–Kier alpha value is -3.00. The van der Waals surface area contributed by atoms with E-state index >= 15 is 0 Å². The molecule has 0 radical (unpaired) electrons. The summed E-state index contributed by atoms with van der Waals surface area (Å²) in [4.78, 5) is 16.6. The molecule has 1 unspecified atom stereocenters. The van der Waals surface area contributed by atoms with Crippen LogP contribution in [0.4, 0.5) is 0 Å². The zero-order valence-corrected chi connectivity index (χ0v) is 17.3. The quantitative estimate of drug-likeness (QED) is 0.681. The summed E-state index contributed by atoms with van der Waals surface area (Å²) in [7, 11) is 1.48. The molecule has 1 heterocycles. The largest absolute Gasteiger partial charge is 0.493 e. The highest BCUT2D eigenvalue weighted by atomic mass is 35.5. The summed E-state index contributed by atoms with van der Waals surface area (Å²) in [6.45, 7) is 0.0911. The van der Waals surface area contributed by atoms with Crippen LogP contribution in [0.2, 0.25) is 10.0 Å². The predicted octanol–water partition coefficient (Wildman–Crippen LogP) is 3.57. The predicted molar refractivity (Wildman–Crippen MR) is 112 cm³/mol. The van der Waals surface area contributed by atoms with Crippen LogP contribution < -0.4 is 14.8 Å². The number of carbonyl (C=O) groups excluding carboxylic acids is 1. The Morgan fingerprint density at radius 1 is 1.17 bits per heavy atom. The zero-order valence-electron chi connectivity index (χ0n) is 15.8. The summed E-state index contributed by atoms with van der Waals surface area (Å²) in [5.74, 6) is 0.113. The first-order valence-electron chi connectivity index (χ1n) is 8.77. The van der Waals surface area contributed by atoms with E-state index in [4.69, 9.17) is 32.7 Å². The number of ether oxygens (including phenoxy) is 2. The SMILES string of the molecule is COc1ccc(C(=O)N=c2c(Cl)cn(O)cc2Cl)cc1OCC1=CC=CC=CC1O. The highest BCUT2D eigenvalue weighted by molar-refractivity contribution is 6.34. The topological polar surface area (TPSA) is 93.3 Å². The Balaban J connectivity index is 1.88. The van der Waals surface area contributed by atoms with Crippen LogP contribution >= 0.6 is 23.2 Å². The number of benzene rings is 1. The minimum atomic E-state index is -0.776. The van der Waals surface area contributed by atoms with Crippen molar-refractivity contribution in [3.8, 4) is 11.5 Å². The fourth-order valence-electron chi connectivity index (χ4n) is 2.63. The molecule has 30 heavy (non-hydrogen) atoms. The molecule has 0 spiro atoms. The molecule has 7 nitrogen and oxygen atoms in total. The van der Waals surface area contributed by atoms with Gasteiger partial charge < -0.3 is 19.8 Å². The van der Waals surface area contributed by atoms with Crippen molar-refractivity contribution in [1.29, 1.82) is 0 Å². The summed E-state index contributed by atoms with van der Waals surface area (Å²) in [6, 6.07) is 4.59. The molecular formula is C21H18Cl2N2O5. The number of aliphatic hydroxyl groups is 1. The average molecular weight is 449 g/mol. The first-order valence-corrected chi connectivity index (χ1v) is 9.53. The van der Waals surface area contributed by atoms with E-state index in [1.165, 1.54) is 19.2 Å². The molecule has 1 amide bonds. The summed E-state index contributed by atoms with van der Waals surface area (Å²) in [5, 5.41) is 19.6. The Kier molecular flexibility index (Phi) is 6.99. The summed E-state index contributed by atoms with van der Waals surface area (Å²) >= 11 is 12.0. The lowest BCUT2D eigenvalue weighted by Crippen LogP contribution is -2.14. The van der Waals surface area contributed by atoms with Crippen molar-refractivity contribution >= 4 is 29.1 Å². The molecule has 1 atom stereocenters. The number of hydrogen-bond acceptors (Lipinski definition) is 5. The van der Waals surface area contributed by atoms with Crippen molar-refractivity contribution in [2.24, 2.45) is 4.99 Å². The van der Waals surface area contributed by atoms with E-state index in [1.807, 2.05) is 0 Å². The lowest BCUT2D eigenvalue weighted by atomic mass is 10.1. The summed E-state index contributed by atoms with van der Waals surface area (Å²) < 4.78 is 11.8. The molecule has 0 saturated heterocycles. The van der Waals surface area contributed by atoms with E-state index in [0.29, 0.717) is 21.8 Å². The molecule has 1 aliphatic carbocycles. The Morgan fingerprint density at radius 2 is 1.90 bits per heavy atom. The van der Waals surface area contributed by atoms with Crippen LogP contribution in [0.1, 0.15) is 10.4 Å². The van der Waals surface area contributed by atoms with Gasteiger partial charge in [0.05, 0.1) is 35.7 Å². The molecule has 2 aromatic rings. The minimum absolute atomic E-state index is 0.0127. The van der Waals surface area contributed by atoms with Crippen LogP contribution in [0, 0.1) is 0 Å². The zero-order chi connectivity index (χ0) is 21.7. The van der Waals surface area contributed by atoms with Crippen molar-refractivity contribution < 1.29 is 24.6 Å². The molecule has 1 aromatic heterocycles. The standard InChI is InChI=1S/C21H18Cl2N2O5/c1-29-18-8-7-13(21(27)24-20-15(22)10-25(28)11-16(20)23)9-19(18)30-12-14-5-3-2-4-6-17(14)26/h2-11,17,26,28H,12H2,1H3. The molecule has 2 N–H and O–H groups in total. The molecule has 1 aromatic carbocycles. The maximum atomic E-state index is 12.6. The molecule has 0 bridgehead atoms. The van der Waals surface area contributed by atoms with Gasteiger partial charge in [-0.25, -0.2) is 4.99 Å². The van der Waals surface area contributed by atoms with Crippen molar-refractivity contribution in [1.82, 2.24) is 4.73 Å². The number of aromatic nitrogens is 1. The van der Waals surface area contributed by atoms with E-state index in [-0.39, 0.29) is 27.6 Å². The Labute approximate surface area is 182 Å². The normalized spacial score (nSPS) is 15.3. The fraction of sp³-hybridized carbons (Fsp3) is 0.143. The smallest absolute Gasteiger partial charge is 0.277 e. The maximum absolute atomic E-state index is 12.6. The van der Waals surface area contributed by atoms with Crippen LogP contribution in [-0.2, 0) is 0 Å². The number of pyridine rings is 1. The highest BCUT2D eigenvalue weighted by Gasteiger charge is 2.14. The number of halogens is 2. The van der Waals surface area contributed by atoms with Gasteiger partial charge in [0.15, 0.2) is 11.5 Å². The van der Waals surface area contributed by atoms with Crippen LogP contribution in [-0.4, -0.2) is 40.8 Å². The average Bonchev–Trinajstić information content (AvgIpc) is 2.92. The third kappa shape index (κ3) is 5.13. The van der Waals surface area contributed by atoms with Crippen molar-refractivity contribution in [3.63, 3.8) is 0 Å². The van der Waals surface area contributed by atoms with Crippen molar-refractivity contribution in [2.75, 3.05) is 13.7 Å². The van der Waals surface area contributed by atoms with Crippen LogP contribution in [0.25, 0.3) is 0 Å². The number of allylic oxidation sites excluding steroid dienone is 4. The number of methoxy groups -OCH3 is 1. The van der Waals surface area contributed by atoms with E-state index in [0.717, 1.165) is 12.4 Å². The molecule has 1 aliphatic rings. The van der Waals surface area contributed by atoms with E-state index in [9.17, 15) is 15.1 Å². The number of carbonyl (C=O) groups is 1. The second kappa shape index (κ2) is 9.67. The highest BCUT2D eigenvalue weighted by Crippen LogP contribution is 2.29. The van der Waals surface area contributed by atoms with Crippen LogP contribution in [0.15, 0.2) is 71.5 Å². The minimum Gasteiger partial charge on any atom is -0.493 e. The van der Waals surface area contributed by atoms with Gasteiger partial charge in [0, 0.05) is 5.56 Å². The second-order valence-corrected chi connectivity index (χ2v) is 7.02. The van der Waals surface area contributed by atoms with Crippen LogP contribution in [0.3, 0.4) is 0 Å². The van der Waals surface area contributed by atoms with Gasteiger partial charge in [-0.1, -0.05) is 53.6 Å². The first kappa shape index (κ1) is 21.7. The summed E-state index contributed by atoms with van der Waals surface area (Å²) in [5.41, 5.74) is 0.859. The number of hydrogen-bond donors (Lipinski definition) is 2. The Morgan fingerprint density at radius 3 is 2.60 bits per heavy atom. The third-order valence-electron chi connectivity index (χ3n) is 4.17. The van der Waals surface area contributed by atoms with Gasteiger partial charge in [-0.3, -0.25) is 4.79 Å². The van der Waals surface area contributed by atoms with Gasteiger partial charge in [-0.2, -0.15) is 4.73 Å². The molecule has 0 aliphatic heterocycles.